The summed E-state index contributed by atoms with van der Waals surface area (Å²) in [5, 5.41) is 7.57. The molecule has 0 atom stereocenters. The highest BCUT2D eigenvalue weighted by atomic mass is 35.5. The van der Waals surface area contributed by atoms with Crippen LogP contribution < -0.4 is 19.4 Å². The second-order valence-corrected chi connectivity index (χ2v) is 8.86. The number of guanidine groups is 1. The standard InChI is InChI=1S/C20H24ClN3O5S/c1-27-15-10-16(28-13-14-6-8-24(9-7-14)20(22)23)12-17(11-15)29-30(25,26)19-5-3-2-4-18(19)21/h2-5,10-12,14H,6-9,13H2,1H3,(H3,22,23). The summed E-state index contributed by atoms with van der Waals surface area (Å²) in [6, 6.07) is 10.7. The molecule has 1 aliphatic heterocycles. The van der Waals surface area contributed by atoms with Gasteiger partial charge in [-0.3, -0.25) is 5.41 Å². The number of rotatable bonds is 7. The number of likely N-dealkylation sites (tertiary alicyclic amines) is 1. The fourth-order valence-corrected chi connectivity index (χ4v) is 4.58. The molecule has 0 saturated carbocycles. The third-order valence-electron chi connectivity index (χ3n) is 4.84. The second-order valence-electron chi connectivity index (χ2n) is 6.94. The highest BCUT2D eigenvalue weighted by Gasteiger charge is 2.22. The maximum Gasteiger partial charge on any atom is 0.340 e. The van der Waals surface area contributed by atoms with E-state index in [0.717, 1.165) is 12.8 Å². The molecule has 162 valence electrons. The predicted octanol–water partition coefficient (Wildman–Crippen LogP) is 3.10. The van der Waals surface area contributed by atoms with E-state index in [-0.39, 0.29) is 21.6 Å². The summed E-state index contributed by atoms with van der Waals surface area (Å²) in [5.41, 5.74) is 5.52. The molecule has 0 aliphatic carbocycles. The van der Waals surface area contributed by atoms with Crippen LogP contribution in [0.3, 0.4) is 0 Å². The van der Waals surface area contributed by atoms with Crippen molar-refractivity contribution >= 4 is 27.7 Å². The topological polar surface area (TPSA) is 115 Å². The zero-order chi connectivity index (χ0) is 21.7. The fourth-order valence-electron chi connectivity index (χ4n) is 3.17. The molecule has 3 rings (SSSR count). The predicted molar refractivity (Wildman–Crippen MR) is 114 cm³/mol. The van der Waals surface area contributed by atoms with E-state index in [1.165, 1.54) is 31.4 Å². The highest BCUT2D eigenvalue weighted by Crippen LogP contribution is 2.32. The van der Waals surface area contributed by atoms with Gasteiger partial charge in [0.25, 0.3) is 0 Å². The Kier molecular flexibility index (Phi) is 6.94. The lowest BCUT2D eigenvalue weighted by Gasteiger charge is -2.32. The molecule has 8 nitrogen and oxygen atoms in total. The Labute approximate surface area is 181 Å². The van der Waals surface area contributed by atoms with Crippen molar-refractivity contribution in [3.63, 3.8) is 0 Å². The summed E-state index contributed by atoms with van der Waals surface area (Å²) in [5.74, 6) is 1.30. The first-order valence-electron chi connectivity index (χ1n) is 9.38. The third-order valence-corrected chi connectivity index (χ3v) is 6.59. The zero-order valence-corrected chi connectivity index (χ0v) is 18.1. The molecule has 10 heteroatoms. The van der Waals surface area contributed by atoms with Crippen molar-refractivity contribution in [2.45, 2.75) is 17.7 Å². The Morgan fingerprint density at radius 2 is 1.80 bits per heavy atom. The van der Waals surface area contributed by atoms with Crippen LogP contribution in [0.25, 0.3) is 0 Å². The molecule has 1 saturated heterocycles. The van der Waals surface area contributed by atoms with Crippen LogP contribution in [0.4, 0.5) is 0 Å². The Morgan fingerprint density at radius 3 is 2.43 bits per heavy atom. The molecule has 0 radical (unpaired) electrons. The number of nitrogens with two attached hydrogens (primary N) is 1. The SMILES string of the molecule is COc1cc(OCC2CCN(C(=N)N)CC2)cc(OS(=O)(=O)c2ccccc2Cl)c1. The zero-order valence-electron chi connectivity index (χ0n) is 16.5. The van der Waals surface area contributed by atoms with Gasteiger partial charge in [-0.05, 0) is 30.9 Å². The second kappa shape index (κ2) is 9.44. The average molecular weight is 454 g/mol. The monoisotopic (exact) mass is 453 g/mol. The Hall–Kier alpha value is -2.65. The van der Waals surface area contributed by atoms with Crippen LogP contribution in [0.2, 0.25) is 5.02 Å². The number of benzene rings is 2. The van der Waals surface area contributed by atoms with Gasteiger partial charge in [-0.2, -0.15) is 8.42 Å². The highest BCUT2D eigenvalue weighted by molar-refractivity contribution is 7.87. The molecule has 30 heavy (non-hydrogen) atoms. The van der Waals surface area contributed by atoms with Gasteiger partial charge >= 0.3 is 10.1 Å². The lowest BCUT2D eigenvalue weighted by atomic mass is 9.98. The molecular formula is C20H24ClN3O5S. The number of piperidine rings is 1. The van der Waals surface area contributed by atoms with E-state index in [9.17, 15) is 8.42 Å². The first kappa shape index (κ1) is 22.0. The molecule has 2 aromatic carbocycles. The molecule has 0 bridgehead atoms. The van der Waals surface area contributed by atoms with E-state index in [0.29, 0.717) is 37.1 Å². The van der Waals surface area contributed by atoms with Gasteiger partial charge in [-0.15, -0.1) is 0 Å². The van der Waals surface area contributed by atoms with Crippen molar-refractivity contribution in [3.05, 3.63) is 47.5 Å². The number of ether oxygens (including phenoxy) is 2. The first-order chi connectivity index (χ1) is 14.3. The summed E-state index contributed by atoms with van der Waals surface area (Å²) in [4.78, 5) is 1.71. The van der Waals surface area contributed by atoms with Crippen molar-refractivity contribution < 1.29 is 22.1 Å². The van der Waals surface area contributed by atoms with E-state index in [4.69, 9.17) is 36.4 Å². The van der Waals surface area contributed by atoms with Crippen LogP contribution in [0, 0.1) is 11.3 Å². The van der Waals surface area contributed by atoms with Crippen molar-refractivity contribution in [2.75, 3.05) is 26.8 Å². The van der Waals surface area contributed by atoms with Crippen molar-refractivity contribution in [1.29, 1.82) is 5.41 Å². The van der Waals surface area contributed by atoms with Crippen LogP contribution in [-0.4, -0.2) is 46.1 Å². The van der Waals surface area contributed by atoms with Crippen LogP contribution in [0.5, 0.6) is 17.2 Å². The molecular weight excluding hydrogens is 430 g/mol. The van der Waals surface area contributed by atoms with Gasteiger partial charge in [0.1, 0.15) is 22.1 Å². The van der Waals surface area contributed by atoms with Gasteiger partial charge < -0.3 is 24.3 Å². The van der Waals surface area contributed by atoms with Gasteiger partial charge in [0.05, 0.1) is 18.7 Å². The van der Waals surface area contributed by atoms with Crippen molar-refractivity contribution in [3.8, 4) is 17.2 Å². The third kappa shape index (κ3) is 5.48. The number of nitrogens with zero attached hydrogens (tertiary/aromatic N) is 1. The van der Waals surface area contributed by atoms with Crippen LogP contribution in [-0.2, 0) is 10.1 Å². The molecule has 1 fully saturated rings. The number of methoxy groups -OCH3 is 1. The van der Waals surface area contributed by atoms with Gasteiger partial charge in [-0.1, -0.05) is 23.7 Å². The quantitative estimate of drug-likeness (QED) is 0.376. The largest absolute Gasteiger partial charge is 0.496 e. The van der Waals surface area contributed by atoms with Gasteiger partial charge in [0, 0.05) is 31.3 Å². The molecule has 3 N–H and O–H groups in total. The summed E-state index contributed by atoms with van der Waals surface area (Å²) in [6.45, 7) is 1.88. The number of hydrogen-bond acceptors (Lipinski definition) is 6. The normalized spacial score (nSPS) is 14.9. The summed E-state index contributed by atoms with van der Waals surface area (Å²) in [6.07, 6.45) is 1.71. The molecule has 0 unspecified atom stereocenters. The van der Waals surface area contributed by atoms with Crippen molar-refractivity contribution in [1.82, 2.24) is 4.90 Å². The van der Waals surface area contributed by atoms with Gasteiger partial charge in [-0.25, -0.2) is 0 Å². The van der Waals surface area contributed by atoms with E-state index in [1.807, 2.05) is 4.90 Å². The molecule has 0 amide bonds. The minimum atomic E-state index is -4.12. The molecule has 2 aromatic rings. The smallest absolute Gasteiger partial charge is 0.340 e. The number of hydrogen-bond donors (Lipinski definition) is 2. The summed E-state index contributed by atoms with van der Waals surface area (Å²) in [7, 11) is -2.64. The van der Waals surface area contributed by atoms with E-state index < -0.39 is 10.1 Å². The number of nitrogens with one attached hydrogen (secondary N) is 1. The van der Waals surface area contributed by atoms with Gasteiger partial charge in [0.15, 0.2) is 5.96 Å². The Bertz CT molecular complexity index is 1010. The Balaban J connectivity index is 1.70. The van der Waals surface area contributed by atoms with Crippen molar-refractivity contribution in [2.24, 2.45) is 11.7 Å². The van der Waals surface area contributed by atoms with E-state index in [2.05, 4.69) is 0 Å². The first-order valence-corrected chi connectivity index (χ1v) is 11.2. The molecule has 0 spiro atoms. The molecule has 1 aliphatic rings. The lowest BCUT2D eigenvalue weighted by molar-refractivity contribution is 0.179. The maximum atomic E-state index is 12.6. The van der Waals surface area contributed by atoms with E-state index in [1.54, 1.807) is 18.2 Å². The van der Waals surface area contributed by atoms with Gasteiger partial charge in [0.2, 0.25) is 0 Å². The maximum absolute atomic E-state index is 12.6. The molecule has 0 aromatic heterocycles. The fraction of sp³-hybridized carbons (Fsp3) is 0.350. The van der Waals surface area contributed by atoms with Crippen LogP contribution in [0.15, 0.2) is 47.4 Å². The van der Waals surface area contributed by atoms with Crippen LogP contribution in [0.1, 0.15) is 12.8 Å². The summed E-state index contributed by atoms with van der Waals surface area (Å²) >= 11 is 6.00. The lowest BCUT2D eigenvalue weighted by Crippen LogP contribution is -2.43. The minimum Gasteiger partial charge on any atom is -0.496 e. The summed E-state index contributed by atoms with van der Waals surface area (Å²) < 4.78 is 41.6. The van der Waals surface area contributed by atoms with E-state index >= 15 is 0 Å². The average Bonchev–Trinajstić information content (AvgIpc) is 2.72. The minimum absolute atomic E-state index is 0.0654. The van der Waals surface area contributed by atoms with Crippen LogP contribution >= 0.6 is 11.6 Å². The molecule has 1 heterocycles. The Morgan fingerprint density at radius 1 is 1.17 bits per heavy atom. The number of halogens is 1.